The molecule has 74 valence electrons. The number of aryl methyl sites for hydroxylation is 1. The van der Waals surface area contributed by atoms with Crippen LogP contribution in [0.4, 0.5) is 0 Å². The minimum absolute atomic E-state index is 0.540. The summed E-state index contributed by atoms with van der Waals surface area (Å²) in [5.41, 5.74) is 4.05. The number of nitrogens with zero attached hydrogens (tertiary/aromatic N) is 2. The summed E-state index contributed by atoms with van der Waals surface area (Å²) in [4.78, 5) is 0. The van der Waals surface area contributed by atoms with Crippen LogP contribution in [0.25, 0.3) is 0 Å². The van der Waals surface area contributed by atoms with Gasteiger partial charge < -0.3 is 0 Å². The van der Waals surface area contributed by atoms with E-state index in [2.05, 4.69) is 44.4 Å². The lowest BCUT2D eigenvalue weighted by atomic mass is 10.0. The lowest BCUT2D eigenvalue weighted by Gasteiger charge is -2.01. The molecule has 0 saturated heterocycles. The van der Waals surface area contributed by atoms with Crippen LogP contribution in [-0.4, -0.2) is 9.78 Å². The Kier molecular flexibility index (Phi) is 3.12. The van der Waals surface area contributed by atoms with E-state index < -0.39 is 0 Å². The fourth-order valence-electron chi connectivity index (χ4n) is 1.86. The third-order valence-electron chi connectivity index (χ3n) is 2.54. The first-order chi connectivity index (χ1) is 6.11. The van der Waals surface area contributed by atoms with Crippen molar-refractivity contribution in [2.45, 2.75) is 53.5 Å². The van der Waals surface area contributed by atoms with Crippen molar-refractivity contribution >= 4 is 0 Å². The Balaban J connectivity index is 3.18. The van der Waals surface area contributed by atoms with Crippen LogP contribution in [-0.2, 0) is 13.0 Å². The van der Waals surface area contributed by atoms with Gasteiger partial charge in [0.25, 0.3) is 0 Å². The molecule has 0 aliphatic heterocycles. The summed E-state index contributed by atoms with van der Waals surface area (Å²) < 4.78 is 2.13. The Bertz CT molecular complexity index is 285. The van der Waals surface area contributed by atoms with Gasteiger partial charge in [-0.05, 0) is 31.7 Å². The fourth-order valence-corrected chi connectivity index (χ4v) is 1.86. The molecule has 0 amide bonds. The zero-order chi connectivity index (χ0) is 10.0. The molecule has 0 spiro atoms. The first kappa shape index (κ1) is 10.3. The molecule has 0 radical (unpaired) electrons. The Morgan fingerprint density at radius 2 is 1.92 bits per heavy atom. The summed E-state index contributed by atoms with van der Waals surface area (Å²) in [5, 5.41) is 4.62. The van der Waals surface area contributed by atoms with Crippen molar-refractivity contribution in [3.63, 3.8) is 0 Å². The first-order valence-corrected chi connectivity index (χ1v) is 5.17. The van der Waals surface area contributed by atoms with Gasteiger partial charge in [0.1, 0.15) is 0 Å². The Hall–Kier alpha value is -0.790. The Morgan fingerprint density at radius 3 is 2.23 bits per heavy atom. The van der Waals surface area contributed by atoms with Gasteiger partial charge in [0.2, 0.25) is 0 Å². The van der Waals surface area contributed by atoms with Crippen LogP contribution in [0.1, 0.15) is 50.6 Å². The largest absolute Gasteiger partial charge is 0.269 e. The normalized spacial score (nSPS) is 11.2. The van der Waals surface area contributed by atoms with Crippen LogP contribution in [0, 0.1) is 6.92 Å². The van der Waals surface area contributed by atoms with Crippen LogP contribution in [0.3, 0.4) is 0 Å². The van der Waals surface area contributed by atoms with Crippen LogP contribution in [0.15, 0.2) is 0 Å². The van der Waals surface area contributed by atoms with Crippen molar-refractivity contribution in [3.05, 3.63) is 17.0 Å². The lowest BCUT2D eigenvalue weighted by Crippen LogP contribution is -2.02. The van der Waals surface area contributed by atoms with E-state index in [9.17, 15) is 0 Å². The van der Waals surface area contributed by atoms with E-state index in [1.54, 1.807) is 0 Å². The molecule has 0 aliphatic rings. The third-order valence-corrected chi connectivity index (χ3v) is 2.54. The smallest absolute Gasteiger partial charge is 0.0681 e. The quantitative estimate of drug-likeness (QED) is 0.699. The molecule has 0 saturated carbocycles. The molecule has 0 unspecified atom stereocenters. The second-order valence-corrected chi connectivity index (χ2v) is 3.78. The van der Waals surface area contributed by atoms with E-state index in [-0.39, 0.29) is 0 Å². The Morgan fingerprint density at radius 1 is 1.31 bits per heavy atom. The SMILES string of the molecule is CCc1c(C)c(C(C)C)nn1CC. The molecule has 0 atom stereocenters. The molecule has 0 N–H and O–H groups in total. The second-order valence-electron chi connectivity index (χ2n) is 3.78. The van der Waals surface area contributed by atoms with Gasteiger partial charge in [0.05, 0.1) is 5.69 Å². The molecular weight excluding hydrogens is 160 g/mol. The maximum Gasteiger partial charge on any atom is 0.0681 e. The highest BCUT2D eigenvalue weighted by Crippen LogP contribution is 2.21. The number of hydrogen-bond donors (Lipinski definition) is 0. The van der Waals surface area contributed by atoms with Gasteiger partial charge in [-0.15, -0.1) is 0 Å². The molecule has 13 heavy (non-hydrogen) atoms. The van der Waals surface area contributed by atoms with Crippen molar-refractivity contribution in [2.24, 2.45) is 0 Å². The molecule has 2 nitrogen and oxygen atoms in total. The van der Waals surface area contributed by atoms with Crippen molar-refractivity contribution in [1.29, 1.82) is 0 Å². The van der Waals surface area contributed by atoms with E-state index >= 15 is 0 Å². The minimum Gasteiger partial charge on any atom is -0.269 e. The van der Waals surface area contributed by atoms with Crippen molar-refractivity contribution < 1.29 is 0 Å². The lowest BCUT2D eigenvalue weighted by molar-refractivity contribution is 0.609. The molecule has 1 aromatic heterocycles. The first-order valence-electron chi connectivity index (χ1n) is 5.17. The van der Waals surface area contributed by atoms with Gasteiger partial charge in [0.15, 0.2) is 0 Å². The molecule has 0 bridgehead atoms. The van der Waals surface area contributed by atoms with Crippen molar-refractivity contribution in [3.8, 4) is 0 Å². The average molecular weight is 180 g/mol. The molecule has 1 aromatic rings. The van der Waals surface area contributed by atoms with Gasteiger partial charge >= 0.3 is 0 Å². The van der Waals surface area contributed by atoms with Crippen molar-refractivity contribution in [2.75, 3.05) is 0 Å². The summed E-state index contributed by atoms with van der Waals surface area (Å²) in [7, 11) is 0. The van der Waals surface area contributed by atoms with Crippen LogP contribution < -0.4 is 0 Å². The molecule has 2 heteroatoms. The van der Waals surface area contributed by atoms with Crippen LogP contribution >= 0.6 is 0 Å². The van der Waals surface area contributed by atoms with Gasteiger partial charge in [-0.3, -0.25) is 4.68 Å². The maximum absolute atomic E-state index is 4.62. The maximum atomic E-state index is 4.62. The summed E-state index contributed by atoms with van der Waals surface area (Å²) in [6, 6.07) is 0. The average Bonchev–Trinajstić information content (AvgIpc) is 2.41. The predicted octanol–water partition coefficient (Wildman–Crippen LogP) is 2.90. The highest BCUT2D eigenvalue weighted by Gasteiger charge is 2.13. The predicted molar refractivity (Wildman–Crippen MR) is 56.1 cm³/mol. The topological polar surface area (TPSA) is 17.8 Å². The molecule has 1 heterocycles. The van der Waals surface area contributed by atoms with Gasteiger partial charge in [-0.25, -0.2) is 0 Å². The summed E-state index contributed by atoms with van der Waals surface area (Å²) in [6.07, 6.45) is 1.08. The van der Waals surface area contributed by atoms with E-state index in [1.165, 1.54) is 17.0 Å². The minimum atomic E-state index is 0.540. The zero-order valence-electron chi connectivity index (χ0n) is 9.39. The summed E-state index contributed by atoms with van der Waals surface area (Å²) in [5.74, 6) is 0.540. The number of rotatable bonds is 3. The monoisotopic (exact) mass is 180 g/mol. The fraction of sp³-hybridized carbons (Fsp3) is 0.727. The van der Waals surface area contributed by atoms with E-state index in [0.29, 0.717) is 5.92 Å². The second kappa shape index (κ2) is 3.95. The van der Waals surface area contributed by atoms with Crippen LogP contribution in [0.5, 0.6) is 0 Å². The summed E-state index contributed by atoms with van der Waals surface area (Å²) in [6.45, 7) is 11.9. The van der Waals surface area contributed by atoms with Gasteiger partial charge in [-0.1, -0.05) is 20.8 Å². The number of aromatic nitrogens is 2. The van der Waals surface area contributed by atoms with E-state index in [1.807, 2.05) is 0 Å². The zero-order valence-corrected chi connectivity index (χ0v) is 9.39. The van der Waals surface area contributed by atoms with Gasteiger partial charge in [0, 0.05) is 12.2 Å². The van der Waals surface area contributed by atoms with E-state index in [4.69, 9.17) is 0 Å². The van der Waals surface area contributed by atoms with E-state index in [0.717, 1.165) is 13.0 Å². The molecule has 0 aliphatic carbocycles. The van der Waals surface area contributed by atoms with Crippen LogP contribution in [0.2, 0.25) is 0 Å². The Labute approximate surface area is 81.0 Å². The van der Waals surface area contributed by atoms with Crippen molar-refractivity contribution in [1.82, 2.24) is 9.78 Å². The molecule has 0 fully saturated rings. The highest BCUT2D eigenvalue weighted by molar-refractivity contribution is 5.27. The number of hydrogen-bond acceptors (Lipinski definition) is 1. The molecule has 1 rings (SSSR count). The standard InChI is InChI=1S/C11H20N2/c1-6-10-9(5)11(8(3)4)12-13(10)7-2/h8H,6-7H2,1-5H3. The highest BCUT2D eigenvalue weighted by atomic mass is 15.3. The van der Waals surface area contributed by atoms with Gasteiger partial charge in [-0.2, -0.15) is 5.10 Å². The third kappa shape index (κ3) is 1.77. The molecule has 0 aromatic carbocycles. The summed E-state index contributed by atoms with van der Waals surface area (Å²) >= 11 is 0. The molecular formula is C11H20N2.